The normalized spacial score (nSPS) is 11.3. The smallest absolute Gasteiger partial charge is 0.238 e. The highest BCUT2D eigenvalue weighted by atomic mass is 32.1. The number of carbonyl (C=O) groups excluding carboxylic acids is 1. The van der Waals surface area contributed by atoms with Crippen LogP contribution in [0.3, 0.4) is 0 Å². The van der Waals surface area contributed by atoms with E-state index in [1.807, 2.05) is 66.5 Å². The van der Waals surface area contributed by atoms with E-state index >= 15 is 0 Å². The molecule has 3 aromatic carbocycles. The zero-order valence-electron chi connectivity index (χ0n) is 14.5. The lowest BCUT2D eigenvalue weighted by Crippen LogP contribution is -2.29. The van der Waals surface area contributed by atoms with Gasteiger partial charge >= 0.3 is 0 Å². The minimum absolute atomic E-state index is 0.0242. The Hall–Kier alpha value is -2.76. The van der Waals surface area contributed by atoms with Gasteiger partial charge in [0, 0.05) is 5.69 Å². The molecular weight excluding hydrogens is 342 g/mol. The molecule has 0 aliphatic carbocycles. The second-order valence-electron chi connectivity index (χ2n) is 6.36. The fourth-order valence-corrected chi connectivity index (χ4v) is 4.03. The quantitative estimate of drug-likeness (QED) is 0.568. The van der Waals surface area contributed by atoms with Gasteiger partial charge in [0.05, 0.1) is 23.3 Å². The van der Waals surface area contributed by atoms with Crippen molar-refractivity contribution in [2.45, 2.75) is 6.54 Å². The summed E-state index contributed by atoms with van der Waals surface area (Å²) in [4.78, 5) is 19.0. The number of hydrogen-bond donors (Lipinski definition) is 1. The third-order valence-corrected chi connectivity index (χ3v) is 5.21. The van der Waals surface area contributed by atoms with Crippen LogP contribution in [0.25, 0.3) is 21.0 Å². The number of carbonyl (C=O) groups is 1. The highest BCUT2D eigenvalue weighted by Gasteiger charge is 2.11. The van der Waals surface area contributed by atoms with Crippen LogP contribution >= 0.6 is 11.3 Å². The summed E-state index contributed by atoms with van der Waals surface area (Å²) in [7, 11) is 1.94. The van der Waals surface area contributed by atoms with Crippen LogP contribution in [0.15, 0.2) is 66.7 Å². The van der Waals surface area contributed by atoms with Gasteiger partial charge in [0.2, 0.25) is 5.91 Å². The van der Waals surface area contributed by atoms with Crippen molar-refractivity contribution < 1.29 is 4.79 Å². The largest absolute Gasteiger partial charge is 0.325 e. The SMILES string of the molecule is CN(CC(=O)Nc1ccc2ccccc2c1)Cc1nc2ccccc2s1. The van der Waals surface area contributed by atoms with Gasteiger partial charge in [-0.25, -0.2) is 4.98 Å². The molecule has 0 radical (unpaired) electrons. The van der Waals surface area contributed by atoms with Crippen LogP contribution in [0.1, 0.15) is 5.01 Å². The molecule has 0 fully saturated rings. The van der Waals surface area contributed by atoms with Gasteiger partial charge in [-0.3, -0.25) is 9.69 Å². The van der Waals surface area contributed by atoms with Crippen molar-refractivity contribution in [2.24, 2.45) is 0 Å². The molecule has 1 heterocycles. The van der Waals surface area contributed by atoms with Crippen LogP contribution in [-0.4, -0.2) is 29.4 Å². The van der Waals surface area contributed by atoms with E-state index in [0.29, 0.717) is 13.1 Å². The van der Waals surface area contributed by atoms with Gasteiger partial charge in [-0.2, -0.15) is 0 Å². The Kier molecular flexibility index (Phi) is 4.65. The molecule has 26 heavy (non-hydrogen) atoms. The number of fused-ring (bicyclic) bond motifs is 2. The predicted molar refractivity (Wildman–Crippen MR) is 109 cm³/mol. The monoisotopic (exact) mass is 361 g/mol. The summed E-state index contributed by atoms with van der Waals surface area (Å²) in [5, 5.41) is 6.28. The Bertz CT molecular complexity index is 1040. The van der Waals surface area contributed by atoms with Gasteiger partial charge in [-0.05, 0) is 42.1 Å². The summed E-state index contributed by atoms with van der Waals surface area (Å²) in [5.41, 5.74) is 1.84. The molecule has 4 aromatic rings. The summed E-state index contributed by atoms with van der Waals surface area (Å²) in [6.45, 7) is 0.979. The highest BCUT2D eigenvalue weighted by Crippen LogP contribution is 2.22. The van der Waals surface area contributed by atoms with E-state index < -0.39 is 0 Å². The zero-order valence-corrected chi connectivity index (χ0v) is 15.3. The predicted octanol–water partition coefficient (Wildman–Crippen LogP) is 4.52. The van der Waals surface area contributed by atoms with Crippen LogP contribution in [-0.2, 0) is 11.3 Å². The second kappa shape index (κ2) is 7.23. The summed E-state index contributed by atoms with van der Waals surface area (Å²) < 4.78 is 1.18. The average molecular weight is 361 g/mol. The number of aromatic nitrogens is 1. The fourth-order valence-electron chi connectivity index (χ4n) is 2.99. The molecule has 5 heteroatoms. The standard InChI is InChI=1S/C21H19N3OS/c1-24(14-21-23-18-8-4-5-9-19(18)26-21)13-20(25)22-17-11-10-15-6-2-3-7-16(15)12-17/h2-12H,13-14H2,1H3,(H,22,25). The molecule has 0 saturated carbocycles. The number of nitrogens with zero attached hydrogens (tertiary/aromatic N) is 2. The topological polar surface area (TPSA) is 45.2 Å². The Morgan fingerprint density at radius 2 is 1.81 bits per heavy atom. The third-order valence-electron chi connectivity index (χ3n) is 4.19. The molecule has 0 aliphatic heterocycles. The van der Waals surface area contributed by atoms with E-state index in [1.54, 1.807) is 11.3 Å². The number of hydrogen-bond acceptors (Lipinski definition) is 4. The van der Waals surface area contributed by atoms with E-state index in [4.69, 9.17) is 0 Å². The Morgan fingerprint density at radius 1 is 1.04 bits per heavy atom. The lowest BCUT2D eigenvalue weighted by molar-refractivity contribution is -0.117. The maximum absolute atomic E-state index is 12.4. The first-order valence-corrected chi connectivity index (χ1v) is 9.31. The summed E-state index contributed by atoms with van der Waals surface area (Å²) in [6, 6.07) is 22.2. The molecule has 1 N–H and O–H groups in total. The number of thiazole rings is 1. The molecule has 0 atom stereocenters. The Morgan fingerprint density at radius 3 is 2.65 bits per heavy atom. The molecule has 0 unspecified atom stereocenters. The molecule has 1 aromatic heterocycles. The molecule has 1 amide bonds. The zero-order chi connectivity index (χ0) is 17.9. The van der Waals surface area contributed by atoms with Crippen LogP contribution in [0.5, 0.6) is 0 Å². The number of nitrogens with one attached hydrogen (secondary N) is 1. The van der Waals surface area contributed by atoms with E-state index in [1.165, 1.54) is 10.1 Å². The molecule has 0 bridgehead atoms. The molecule has 0 saturated heterocycles. The molecule has 4 rings (SSSR count). The first kappa shape index (κ1) is 16.7. The maximum Gasteiger partial charge on any atom is 0.238 e. The van der Waals surface area contributed by atoms with Crippen molar-refractivity contribution in [2.75, 3.05) is 18.9 Å². The minimum Gasteiger partial charge on any atom is -0.325 e. The summed E-state index contributed by atoms with van der Waals surface area (Å²) >= 11 is 1.67. The van der Waals surface area contributed by atoms with Gasteiger partial charge in [0.15, 0.2) is 0 Å². The number of anilines is 1. The minimum atomic E-state index is -0.0242. The number of rotatable bonds is 5. The number of para-hydroxylation sites is 1. The number of likely N-dealkylation sites (N-methyl/N-ethyl adjacent to an activating group) is 1. The number of amides is 1. The van der Waals surface area contributed by atoms with Gasteiger partial charge in [-0.1, -0.05) is 42.5 Å². The van der Waals surface area contributed by atoms with Crippen LogP contribution in [0.2, 0.25) is 0 Å². The van der Waals surface area contributed by atoms with E-state index in [0.717, 1.165) is 21.6 Å². The lowest BCUT2D eigenvalue weighted by Gasteiger charge is -2.15. The first-order chi connectivity index (χ1) is 12.7. The van der Waals surface area contributed by atoms with E-state index in [-0.39, 0.29) is 5.91 Å². The van der Waals surface area contributed by atoms with Gasteiger partial charge in [0.1, 0.15) is 5.01 Å². The Balaban J connectivity index is 1.38. The fraction of sp³-hybridized carbons (Fsp3) is 0.143. The highest BCUT2D eigenvalue weighted by molar-refractivity contribution is 7.18. The molecule has 0 spiro atoms. The number of benzene rings is 3. The lowest BCUT2D eigenvalue weighted by atomic mass is 10.1. The first-order valence-electron chi connectivity index (χ1n) is 8.49. The average Bonchev–Trinajstić information content (AvgIpc) is 3.03. The molecule has 4 nitrogen and oxygen atoms in total. The second-order valence-corrected chi connectivity index (χ2v) is 7.47. The van der Waals surface area contributed by atoms with Crippen molar-refractivity contribution in [3.8, 4) is 0 Å². The van der Waals surface area contributed by atoms with E-state index in [2.05, 4.69) is 22.4 Å². The third kappa shape index (κ3) is 3.74. The van der Waals surface area contributed by atoms with Crippen molar-refractivity contribution in [1.29, 1.82) is 0 Å². The summed E-state index contributed by atoms with van der Waals surface area (Å²) in [6.07, 6.45) is 0. The van der Waals surface area contributed by atoms with Crippen molar-refractivity contribution in [3.63, 3.8) is 0 Å². The van der Waals surface area contributed by atoms with E-state index in [9.17, 15) is 4.79 Å². The van der Waals surface area contributed by atoms with Crippen LogP contribution in [0, 0.1) is 0 Å². The van der Waals surface area contributed by atoms with Crippen molar-refractivity contribution in [1.82, 2.24) is 9.88 Å². The molecule has 0 aliphatic rings. The van der Waals surface area contributed by atoms with Crippen LogP contribution in [0.4, 0.5) is 5.69 Å². The summed E-state index contributed by atoms with van der Waals surface area (Å²) in [5.74, 6) is -0.0242. The van der Waals surface area contributed by atoms with Gasteiger partial charge < -0.3 is 5.32 Å². The molecular formula is C21H19N3OS. The van der Waals surface area contributed by atoms with Crippen LogP contribution < -0.4 is 5.32 Å². The van der Waals surface area contributed by atoms with Crippen molar-refractivity contribution >= 4 is 43.9 Å². The molecule has 130 valence electrons. The van der Waals surface area contributed by atoms with Gasteiger partial charge in [-0.15, -0.1) is 11.3 Å². The van der Waals surface area contributed by atoms with Gasteiger partial charge in [0.25, 0.3) is 0 Å². The Labute approximate surface area is 156 Å². The maximum atomic E-state index is 12.4. The van der Waals surface area contributed by atoms with Crippen molar-refractivity contribution in [3.05, 3.63) is 71.7 Å².